The van der Waals surface area contributed by atoms with Crippen molar-refractivity contribution in [3.8, 4) is 0 Å². The van der Waals surface area contributed by atoms with Gasteiger partial charge in [-0.1, -0.05) is 11.6 Å². The normalized spacial score (nSPS) is 12.4. The van der Waals surface area contributed by atoms with Gasteiger partial charge in [0.1, 0.15) is 11.4 Å². The third-order valence-electron chi connectivity index (χ3n) is 3.31. The number of hydrogen-bond acceptors (Lipinski definition) is 4. The fourth-order valence-electron chi connectivity index (χ4n) is 2.15. The zero-order valence-electron chi connectivity index (χ0n) is 12.1. The van der Waals surface area contributed by atoms with Crippen molar-refractivity contribution in [3.05, 3.63) is 45.0 Å². The van der Waals surface area contributed by atoms with Crippen molar-refractivity contribution in [3.63, 3.8) is 0 Å². The summed E-state index contributed by atoms with van der Waals surface area (Å²) < 4.78 is 20.0. The van der Waals surface area contributed by atoms with Gasteiger partial charge in [0.15, 0.2) is 0 Å². The van der Waals surface area contributed by atoms with Crippen LogP contribution in [0, 0.1) is 5.82 Å². The van der Waals surface area contributed by atoms with Crippen LogP contribution in [0.1, 0.15) is 30.2 Å². The highest BCUT2D eigenvalue weighted by Crippen LogP contribution is 2.24. The number of fused-ring (bicyclic) bond motifs is 1. The zero-order chi connectivity index (χ0) is 16.4. The summed E-state index contributed by atoms with van der Waals surface area (Å²) in [4.78, 5) is 24.3. The number of carbonyl (C=O) groups excluding carboxylic acids is 1. The Bertz CT molecular complexity index is 787. The van der Waals surface area contributed by atoms with Crippen molar-refractivity contribution in [1.82, 2.24) is 4.57 Å². The Morgan fingerprint density at radius 2 is 2.18 bits per heavy atom. The van der Waals surface area contributed by atoms with E-state index < -0.39 is 23.3 Å². The molecule has 22 heavy (non-hydrogen) atoms. The number of hydrogen-bond donors (Lipinski definition) is 1. The highest BCUT2D eigenvalue weighted by Gasteiger charge is 2.19. The molecule has 0 aliphatic heterocycles. The maximum Gasteiger partial charge on any atom is 0.343 e. The fourth-order valence-corrected chi connectivity index (χ4v) is 2.31. The summed E-state index contributed by atoms with van der Waals surface area (Å²) in [6, 6.07) is 1.86. The van der Waals surface area contributed by atoms with Crippen molar-refractivity contribution in [2.75, 3.05) is 13.2 Å². The molecule has 0 saturated heterocycles. The molecule has 1 atom stereocenters. The van der Waals surface area contributed by atoms with Crippen LogP contribution in [-0.4, -0.2) is 28.9 Å². The van der Waals surface area contributed by atoms with Crippen LogP contribution in [0.15, 0.2) is 23.1 Å². The van der Waals surface area contributed by atoms with Crippen LogP contribution in [0.2, 0.25) is 5.02 Å². The van der Waals surface area contributed by atoms with E-state index in [0.717, 1.165) is 6.07 Å². The Morgan fingerprint density at radius 3 is 2.77 bits per heavy atom. The molecule has 1 unspecified atom stereocenters. The Morgan fingerprint density at radius 1 is 1.50 bits per heavy atom. The molecule has 7 heteroatoms. The predicted octanol–water partition coefficient (Wildman–Crippen LogP) is 2.52. The molecule has 0 spiro atoms. The van der Waals surface area contributed by atoms with E-state index in [1.165, 1.54) is 16.8 Å². The molecule has 1 aromatic heterocycles. The second kappa shape index (κ2) is 6.46. The summed E-state index contributed by atoms with van der Waals surface area (Å²) in [5.74, 6) is -1.54. The average molecular weight is 328 g/mol. The number of benzene rings is 1. The number of halogens is 2. The lowest BCUT2D eigenvalue weighted by Gasteiger charge is -2.18. The topological polar surface area (TPSA) is 68.5 Å². The minimum absolute atomic E-state index is 0.00718. The van der Waals surface area contributed by atoms with Crippen LogP contribution >= 0.6 is 11.6 Å². The minimum Gasteiger partial charge on any atom is -0.462 e. The molecule has 2 aromatic rings. The molecular weight excluding hydrogens is 313 g/mol. The number of ether oxygens (including phenoxy) is 1. The number of nitrogens with zero attached hydrogens (tertiary/aromatic N) is 1. The average Bonchev–Trinajstić information content (AvgIpc) is 2.49. The first-order chi connectivity index (χ1) is 10.4. The van der Waals surface area contributed by atoms with Gasteiger partial charge < -0.3 is 14.4 Å². The number of rotatable bonds is 4. The maximum atomic E-state index is 13.7. The molecule has 0 amide bonds. The van der Waals surface area contributed by atoms with Crippen molar-refractivity contribution in [2.45, 2.75) is 19.9 Å². The van der Waals surface area contributed by atoms with Crippen molar-refractivity contribution < 1.29 is 19.0 Å². The van der Waals surface area contributed by atoms with Crippen LogP contribution in [0.5, 0.6) is 0 Å². The van der Waals surface area contributed by atoms with Crippen LogP contribution in [0.4, 0.5) is 4.39 Å². The van der Waals surface area contributed by atoms with E-state index in [1.54, 1.807) is 13.8 Å². The molecule has 5 nitrogen and oxygen atoms in total. The molecule has 0 saturated carbocycles. The molecule has 0 bridgehead atoms. The summed E-state index contributed by atoms with van der Waals surface area (Å²) in [6.45, 7) is 3.19. The summed E-state index contributed by atoms with van der Waals surface area (Å²) in [7, 11) is 0. The third-order valence-corrected chi connectivity index (χ3v) is 3.60. The highest BCUT2D eigenvalue weighted by atomic mass is 35.5. The maximum absolute atomic E-state index is 13.7. The summed E-state index contributed by atoms with van der Waals surface area (Å²) in [6.07, 6.45) is 1.30. The van der Waals surface area contributed by atoms with Gasteiger partial charge in [-0.2, -0.15) is 0 Å². The number of aliphatic hydroxyl groups is 1. The Labute approximate surface area is 130 Å². The Balaban J connectivity index is 2.85. The molecule has 0 fully saturated rings. The SMILES string of the molecule is CCOC(=O)c1cn(C(C)CO)c2cc(Cl)c(F)cc2c1=O. The zero-order valence-corrected chi connectivity index (χ0v) is 12.9. The fraction of sp³-hybridized carbons (Fsp3) is 0.333. The van der Waals surface area contributed by atoms with Crippen molar-refractivity contribution in [2.24, 2.45) is 0 Å². The first kappa shape index (κ1) is 16.5. The second-order valence-corrected chi connectivity index (χ2v) is 5.22. The van der Waals surface area contributed by atoms with Gasteiger partial charge in [0.25, 0.3) is 0 Å². The lowest BCUT2D eigenvalue weighted by molar-refractivity contribution is 0.0523. The van der Waals surface area contributed by atoms with Gasteiger partial charge >= 0.3 is 5.97 Å². The Hall–Kier alpha value is -1.92. The molecule has 118 valence electrons. The van der Waals surface area contributed by atoms with Gasteiger partial charge in [0.2, 0.25) is 5.43 Å². The van der Waals surface area contributed by atoms with E-state index in [1.807, 2.05) is 0 Å². The van der Waals surface area contributed by atoms with E-state index in [2.05, 4.69) is 0 Å². The van der Waals surface area contributed by atoms with Gasteiger partial charge in [-0.15, -0.1) is 0 Å². The summed E-state index contributed by atoms with van der Waals surface area (Å²) in [5.41, 5.74) is -0.507. The first-order valence-corrected chi connectivity index (χ1v) is 7.10. The van der Waals surface area contributed by atoms with Crippen molar-refractivity contribution >= 4 is 28.5 Å². The molecule has 2 rings (SSSR count). The van der Waals surface area contributed by atoms with Gasteiger partial charge in [-0.25, -0.2) is 9.18 Å². The monoisotopic (exact) mass is 327 g/mol. The molecular formula is C15H15ClFNO4. The third kappa shape index (κ3) is 2.84. The highest BCUT2D eigenvalue weighted by molar-refractivity contribution is 6.31. The van der Waals surface area contributed by atoms with E-state index in [9.17, 15) is 19.1 Å². The van der Waals surface area contributed by atoms with E-state index in [0.29, 0.717) is 5.52 Å². The molecule has 0 radical (unpaired) electrons. The van der Waals surface area contributed by atoms with E-state index in [-0.39, 0.29) is 29.2 Å². The number of esters is 1. The van der Waals surface area contributed by atoms with Gasteiger partial charge in [0, 0.05) is 11.6 Å². The number of pyridine rings is 1. The molecule has 1 heterocycles. The lowest BCUT2D eigenvalue weighted by Crippen LogP contribution is -2.23. The van der Waals surface area contributed by atoms with Crippen LogP contribution in [0.25, 0.3) is 10.9 Å². The molecule has 0 aliphatic rings. The van der Waals surface area contributed by atoms with Crippen LogP contribution < -0.4 is 5.43 Å². The van der Waals surface area contributed by atoms with E-state index >= 15 is 0 Å². The summed E-state index contributed by atoms with van der Waals surface area (Å²) in [5, 5.41) is 9.21. The minimum atomic E-state index is -0.788. The van der Waals surface area contributed by atoms with Gasteiger partial charge in [-0.3, -0.25) is 4.79 Å². The van der Waals surface area contributed by atoms with E-state index in [4.69, 9.17) is 16.3 Å². The Kier molecular flexibility index (Phi) is 4.83. The quantitative estimate of drug-likeness (QED) is 0.876. The number of carbonyl (C=O) groups is 1. The van der Waals surface area contributed by atoms with Gasteiger partial charge in [-0.05, 0) is 26.0 Å². The number of aromatic nitrogens is 1. The van der Waals surface area contributed by atoms with Gasteiger partial charge in [0.05, 0.1) is 29.8 Å². The predicted molar refractivity (Wildman–Crippen MR) is 80.9 cm³/mol. The molecule has 0 aliphatic carbocycles. The van der Waals surface area contributed by atoms with Crippen LogP contribution in [0.3, 0.4) is 0 Å². The second-order valence-electron chi connectivity index (χ2n) is 4.81. The molecule has 1 N–H and O–H groups in total. The number of aliphatic hydroxyl groups excluding tert-OH is 1. The molecule has 1 aromatic carbocycles. The van der Waals surface area contributed by atoms with Crippen molar-refractivity contribution in [1.29, 1.82) is 0 Å². The lowest BCUT2D eigenvalue weighted by atomic mass is 10.1. The first-order valence-electron chi connectivity index (χ1n) is 6.72. The van der Waals surface area contributed by atoms with Crippen LogP contribution in [-0.2, 0) is 4.74 Å². The largest absolute Gasteiger partial charge is 0.462 e. The standard InChI is InChI=1S/C15H15ClFNO4/c1-3-22-15(21)10-6-18(8(2)7-19)13-5-11(16)12(17)4-9(13)14(10)20/h4-6,8,19H,3,7H2,1-2H3. The smallest absolute Gasteiger partial charge is 0.343 e. The summed E-state index contributed by atoms with van der Waals surface area (Å²) >= 11 is 5.77.